The van der Waals surface area contributed by atoms with Crippen LogP contribution in [0.2, 0.25) is 5.15 Å². The van der Waals surface area contributed by atoms with Crippen molar-refractivity contribution in [3.05, 3.63) is 33.1 Å². The third-order valence-corrected chi connectivity index (χ3v) is 3.24. The zero-order chi connectivity index (χ0) is 12.3. The molecule has 2 rings (SSSR count). The number of anilines is 1. The molecule has 0 spiro atoms. The molecule has 7 heteroatoms. The number of nitrogens with zero attached hydrogens (tertiary/aromatic N) is 3. The van der Waals surface area contributed by atoms with Gasteiger partial charge in [-0.1, -0.05) is 11.6 Å². The van der Waals surface area contributed by atoms with Crippen LogP contribution in [0.3, 0.4) is 0 Å². The molecule has 0 aromatic carbocycles. The first-order valence-corrected chi connectivity index (χ1v) is 6.01. The molecule has 0 aliphatic rings. The number of aldehydes is 1. The van der Waals surface area contributed by atoms with Crippen LogP contribution < -0.4 is 5.32 Å². The number of hydrogen-bond donors (Lipinski definition) is 1. The molecule has 0 amide bonds. The van der Waals surface area contributed by atoms with E-state index in [9.17, 15) is 4.79 Å². The Morgan fingerprint density at radius 3 is 2.94 bits per heavy atom. The first kappa shape index (κ1) is 11.9. The molecule has 0 atom stereocenters. The van der Waals surface area contributed by atoms with Gasteiger partial charge in [0.25, 0.3) is 0 Å². The average molecular weight is 269 g/mol. The minimum absolute atomic E-state index is 0.146. The van der Waals surface area contributed by atoms with Gasteiger partial charge in [-0.05, 0) is 6.92 Å². The molecule has 17 heavy (non-hydrogen) atoms. The zero-order valence-corrected chi connectivity index (χ0v) is 10.5. The van der Waals surface area contributed by atoms with Crippen LogP contribution in [-0.4, -0.2) is 21.2 Å². The molecule has 0 radical (unpaired) electrons. The number of hydrogen-bond acceptors (Lipinski definition) is 6. The van der Waals surface area contributed by atoms with Gasteiger partial charge >= 0.3 is 0 Å². The van der Waals surface area contributed by atoms with Gasteiger partial charge in [-0.2, -0.15) is 0 Å². The van der Waals surface area contributed by atoms with Crippen LogP contribution in [0.25, 0.3) is 0 Å². The molecule has 2 heterocycles. The Labute approximate surface area is 107 Å². The van der Waals surface area contributed by atoms with E-state index in [1.165, 1.54) is 6.33 Å². The lowest BCUT2D eigenvalue weighted by molar-refractivity contribution is 0.112. The van der Waals surface area contributed by atoms with E-state index in [1.54, 1.807) is 17.5 Å². The number of nitrogens with one attached hydrogen (secondary N) is 1. The van der Waals surface area contributed by atoms with Crippen LogP contribution in [-0.2, 0) is 6.54 Å². The quantitative estimate of drug-likeness (QED) is 0.681. The Kier molecular flexibility index (Phi) is 3.65. The molecule has 0 aliphatic heterocycles. The predicted octanol–water partition coefficient (Wildman–Crippen LogP) is 2.32. The Balaban J connectivity index is 2.14. The minimum atomic E-state index is 0.146. The van der Waals surface area contributed by atoms with Crippen LogP contribution in [0.15, 0.2) is 12.5 Å². The van der Waals surface area contributed by atoms with E-state index in [2.05, 4.69) is 20.3 Å². The van der Waals surface area contributed by atoms with Gasteiger partial charge in [0.05, 0.1) is 12.1 Å². The van der Waals surface area contributed by atoms with Crippen molar-refractivity contribution < 1.29 is 4.79 Å². The van der Waals surface area contributed by atoms with Crippen molar-refractivity contribution in [3.63, 3.8) is 0 Å². The van der Waals surface area contributed by atoms with Gasteiger partial charge in [-0.15, -0.1) is 11.3 Å². The number of aromatic nitrogens is 3. The first-order valence-electron chi connectivity index (χ1n) is 4.81. The smallest absolute Gasteiger partial charge is 0.156 e. The lowest BCUT2D eigenvalue weighted by atomic mass is 10.3. The topological polar surface area (TPSA) is 67.8 Å². The molecular formula is C10H9ClN4OS. The van der Waals surface area contributed by atoms with Crippen molar-refractivity contribution in [2.75, 3.05) is 5.32 Å². The Morgan fingerprint density at radius 2 is 2.29 bits per heavy atom. The molecule has 2 aromatic heterocycles. The van der Waals surface area contributed by atoms with Crippen molar-refractivity contribution in [2.24, 2.45) is 0 Å². The summed E-state index contributed by atoms with van der Waals surface area (Å²) in [6.07, 6.45) is 3.75. The largest absolute Gasteiger partial charge is 0.363 e. The SMILES string of the molecule is Cc1cnc(CNc2ncnc(Cl)c2C=O)s1. The lowest BCUT2D eigenvalue weighted by Crippen LogP contribution is -2.05. The van der Waals surface area contributed by atoms with Gasteiger partial charge in [0.1, 0.15) is 22.3 Å². The van der Waals surface area contributed by atoms with Crippen LogP contribution in [0.4, 0.5) is 5.82 Å². The van der Waals surface area contributed by atoms with Crippen LogP contribution in [0, 0.1) is 6.92 Å². The highest BCUT2D eigenvalue weighted by atomic mass is 35.5. The summed E-state index contributed by atoms with van der Waals surface area (Å²) in [7, 11) is 0. The fourth-order valence-electron chi connectivity index (χ4n) is 1.26. The number of rotatable bonds is 4. The number of thiazole rings is 1. The van der Waals surface area contributed by atoms with Crippen molar-refractivity contribution >= 4 is 35.0 Å². The molecule has 2 aromatic rings. The molecule has 0 unspecified atom stereocenters. The second kappa shape index (κ2) is 5.20. The monoisotopic (exact) mass is 268 g/mol. The van der Waals surface area contributed by atoms with E-state index >= 15 is 0 Å². The molecule has 0 fully saturated rings. The summed E-state index contributed by atoms with van der Waals surface area (Å²) in [6, 6.07) is 0. The van der Waals surface area contributed by atoms with Crippen LogP contribution >= 0.6 is 22.9 Å². The fourth-order valence-corrected chi connectivity index (χ4v) is 2.17. The van der Waals surface area contributed by atoms with E-state index in [4.69, 9.17) is 11.6 Å². The molecule has 5 nitrogen and oxygen atoms in total. The van der Waals surface area contributed by atoms with Gasteiger partial charge in [0.15, 0.2) is 6.29 Å². The zero-order valence-electron chi connectivity index (χ0n) is 8.98. The average Bonchev–Trinajstić information content (AvgIpc) is 2.72. The third kappa shape index (κ3) is 2.78. The second-order valence-corrected chi connectivity index (χ2v) is 4.94. The van der Waals surface area contributed by atoms with Crippen molar-refractivity contribution in [1.82, 2.24) is 15.0 Å². The summed E-state index contributed by atoms with van der Waals surface area (Å²) in [4.78, 5) is 23.9. The normalized spacial score (nSPS) is 10.2. The number of carbonyl (C=O) groups excluding carboxylic acids is 1. The van der Waals surface area contributed by atoms with E-state index < -0.39 is 0 Å². The maximum absolute atomic E-state index is 10.8. The molecule has 88 valence electrons. The second-order valence-electron chi connectivity index (χ2n) is 3.26. The maximum atomic E-state index is 10.8. The summed E-state index contributed by atoms with van der Waals surface area (Å²) in [5.41, 5.74) is 0.266. The van der Waals surface area contributed by atoms with E-state index in [-0.39, 0.29) is 10.7 Å². The summed E-state index contributed by atoms with van der Waals surface area (Å²) in [5.74, 6) is 0.424. The van der Waals surface area contributed by atoms with Crippen molar-refractivity contribution in [1.29, 1.82) is 0 Å². The maximum Gasteiger partial charge on any atom is 0.156 e. The van der Waals surface area contributed by atoms with Gasteiger partial charge in [-0.25, -0.2) is 15.0 Å². The third-order valence-electron chi connectivity index (χ3n) is 2.03. The standard InChI is InChI=1S/C10H9ClN4OS/c1-6-2-12-8(17-6)3-13-10-7(4-16)9(11)14-5-15-10/h2,4-5H,3H2,1H3,(H,13,14,15). The van der Waals surface area contributed by atoms with E-state index in [0.717, 1.165) is 9.88 Å². The first-order chi connectivity index (χ1) is 8.20. The molecule has 1 N–H and O–H groups in total. The number of halogens is 1. The molecule has 0 saturated carbocycles. The summed E-state index contributed by atoms with van der Waals surface area (Å²) in [5, 5.41) is 4.09. The number of carbonyl (C=O) groups is 1. The minimum Gasteiger partial charge on any atom is -0.363 e. The van der Waals surface area contributed by atoms with Crippen molar-refractivity contribution in [3.8, 4) is 0 Å². The molecular weight excluding hydrogens is 260 g/mol. The van der Waals surface area contributed by atoms with Gasteiger partial charge in [0.2, 0.25) is 0 Å². The van der Waals surface area contributed by atoms with Gasteiger partial charge in [0, 0.05) is 11.1 Å². The Hall–Kier alpha value is -1.53. The predicted molar refractivity (Wildman–Crippen MR) is 66.6 cm³/mol. The lowest BCUT2D eigenvalue weighted by Gasteiger charge is -2.05. The van der Waals surface area contributed by atoms with Crippen molar-refractivity contribution in [2.45, 2.75) is 13.5 Å². The molecule has 0 saturated heterocycles. The summed E-state index contributed by atoms with van der Waals surface area (Å²) < 4.78 is 0. The van der Waals surface area contributed by atoms with Crippen LogP contribution in [0.5, 0.6) is 0 Å². The number of aryl methyl sites for hydroxylation is 1. The Bertz CT molecular complexity index is 543. The Morgan fingerprint density at radius 1 is 1.47 bits per heavy atom. The van der Waals surface area contributed by atoms with E-state index in [1.807, 2.05) is 6.92 Å². The summed E-state index contributed by atoms with van der Waals surface area (Å²) >= 11 is 7.37. The summed E-state index contributed by atoms with van der Waals surface area (Å²) in [6.45, 7) is 2.49. The molecule has 0 aliphatic carbocycles. The van der Waals surface area contributed by atoms with Gasteiger partial charge < -0.3 is 5.32 Å². The molecule has 0 bridgehead atoms. The fraction of sp³-hybridized carbons (Fsp3) is 0.200. The van der Waals surface area contributed by atoms with E-state index in [0.29, 0.717) is 18.6 Å². The highest BCUT2D eigenvalue weighted by molar-refractivity contribution is 7.11. The highest BCUT2D eigenvalue weighted by Gasteiger charge is 2.09. The van der Waals surface area contributed by atoms with Gasteiger partial charge in [-0.3, -0.25) is 4.79 Å². The van der Waals surface area contributed by atoms with Crippen LogP contribution in [0.1, 0.15) is 20.2 Å². The highest BCUT2D eigenvalue weighted by Crippen LogP contribution is 2.19.